The second kappa shape index (κ2) is 6.63. The van der Waals surface area contributed by atoms with Gasteiger partial charge in [-0.05, 0) is 29.8 Å². The third kappa shape index (κ3) is 3.13. The molecule has 7 nitrogen and oxygen atoms in total. The Morgan fingerprint density at radius 3 is 2.52 bits per heavy atom. The van der Waals surface area contributed by atoms with Crippen LogP contribution >= 0.6 is 0 Å². The van der Waals surface area contributed by atoms with E-state index in [0.717, 1.165) is 10.6 Å². The first-order valence-electron chi connectivity index (χ1n) is 8.72. The Bertz CT molecular complexity index is 1410. The Morgan fingerprint density at radius 1 is 1.17 bits per heavy atom. The van der Waals surface area contributed by atoms with E-state index < -0.39 is 15.6 Å². The minimum Gasteiger partial charge on any atom is -0.505 e. The second-order valence-corrected chi connectivity index (χ2v) is 8.88. The van der Waals surface area contributed by atoms with Crippen LogP contribution in [0.5, 0.6) is 5.75 Å². The summed E-state index contributed by atoms with van der Waals surface area (Å²) in [6, 6.07) is 9.02. The fraction of sp³-hybridized carbons (Fsp3) is 0.150. The highest BCUT2D eigenvalue weighted by Crippen LogP contribution is 2.40. The van der Waals surface area contributed by atoms with E-state index in [4.69, 9.17) is 0 Å². The Morgan fingerprint density at radius 2 is 1.86 bits per heavy atom. The van der Waals surface area contributed by atoms with Gasteiger partial charge in [0.05, 0.1) is 29.4 Å². The van der Waals surface area contributed by atoms with Gasteiger partial charge in [0, 0.05) is 30.2 Å². The van der Waals surface area contributed by atoms with Gasteiger partial charge < -0.3 is 14.7 Å². The highest BCUT2D eigenvalue weighted by molar-refractivity contribution is 7.92. The number of sulfonamides is 1. The van der Waals surface area contributed by atoms with Crippen LogP contribution in [0.25, 0.3) is 21.7 Å². The first kappa shape index (κ1) is 19.0. The maximum absolute atomic E-state index is 13.2. The number of benzene rings is 2. The number of nitrogens with one attached hydrogen (secondary N) is 1. The maximum Gasteiger partial charge on any atom is 0.261 e. The molecule has 0 unspecified atom stereocenters. The lowest BCUT2D eigenvalue weighted by atomic mass is 10.1. The molecule has 0 atom stereocenters. The van der Waals surface area contributed by atoms with E-state index in [0.29, 0.717) is 16.5 Å². The molecule has 2 aromatic heterocycles. The molecule has 0 aliphatic heterocycles. The van der Waals surface area contributed by atoms with E-state index in [1.54, 1.807) is 30.5 Å². The van der Waals surface area contributed by atoms with Crippen molar-refractivity contribution >= 4 is 37.4 Å². The second-order valence-electron chi connectivity index (χ2n) is 6.86. The van der Waals surface area contributed by atoms with Crippen molar-refractivity contribution in [2.75, 3.05) is 17.6 Å². The Kier molecular flexibility index (Phi) is 4.34. The average Bonchev–Trinajstić information content (AvgIpc) is 3.00. The number of pyridine rings is 1. The Labute approximate surface area is 165 Å². The maximum atomic E-state index is 13.2. The Hall–Kier alpha value is -3.33. The molecule has 0 bridgehead atoms. The molecule has 29 heavy (non-hydrogen) atoms. The molecule has 2 N–H and O–H groups in total. The summed E-state index contributed by atoms with van der Waals surface area (Å²) in [4.78, 5) is 16.1. The van der Waals surface area contributed by atoms with Gasteiger partial charge in [0.1, 0.15) is 11.6 Å². The number of hydrogen-bond acceptors (Lipinski definition) is 4. The Balaban J connectivity index is 2.05. The quantitative estimate of drug-likeness (QED) is 0.536. The number of nitrogens with zero attached hydrogens (tertiary/aromatic N) is 2. The van der Waals surface area contributed by atoms with Crippen molar-refractivity contribution in [1.29, 1.82) is 0 Å². The van der Waals surface area contributed by atoms with Crippen LogP contribution in [0, 0.1) is 5.82 Å². The number of anilines is 1. The molecule has 0 saturated carbocycles. The highest BCUT2D eigenvalue weighted by atomic mass is 32.2. The molecule has 0 aliphatic carbocycles. The number of halogens is 1. The average molecular weight is 415 g/mol. The number of fused-ring (bicyclic) bond motifs is 2. The smallest absolute Gasteiger partial charge is 0.261 e. The first-order valence-corrected chi connectivity index (χ1v) is 10.6. The molecule has 0 saturated heterocycles. The number of hydrogen-bond donors (Lipinski definition) is 2. The lowest BCUT2D eigenvalue weighted by Gasteiger charge is -2.20. The van der Waals surface area contributed by atoms with Gasteiger partial charge in [0.25, 0.3) is 5.56 Å². The molecule has 0 aliphatic rings. The molecule has 0 amide bonds. The van der Waals surface area contributed by atoms with Crippen LogP contribution < -0.4 is 9.86 Å². The van der Waals surface area contributed by atoms with Crippen molar-refractivity contribution in [1.82, 2.24) is 9.55 Å². The molecule has 0 radical (unpaired) electrons. The van der Waals surface area contributed by atoms with Crippen LogP contribution in [0.15, 0.2) is 53.6 Å². The minimum atomic E-state index is -3.67. The molecule has 150 valence electrons. The topological polar surface area (TPSA) is 95.4 Å². The standard InChI is InChI=1S/C20H18FN3O4S/c1-23(29(2,27)28)18-14-4-3-9-22-17(14)19(25)15-11-24(20(26)16(15)18)10-12-5-7-13(21)8-6-12/h3-9,11,22,25H,10H2,1-2H3. The molecule has 4 aromatic rings. The molecule has 0 spiro atoms. The minimum absolute atomic E-state index is 0.102. The van der Waals surface area contributed by atoms with Crippen molar-refractivity contribution in [2.45, 2.75) is 6.54 Å². The number of aromatic hydroxyl groups is 1. The number of phenolic OH excluding ortho intramolecular Hbond substituents is 1. The summed E-state index contributed by atoms with van der Waals surface area (Å²) >= 11 is 0. The number of phenols is 1. The molecule has 0 fully saturated rings. The van der Waals surface area contributed by atoms with Gasteiger partial charge in [0.15, 0.2) is 0 Å². The summed E-state index contributed by atoms with van der Waals surface area (Å²) in [5.41, 5.74) is 0.757. The van der Waals surface area contributed by atoms with Gasteiger partial charge in [-0.25, -0.2) is 12.8 Å². The molecular weight excluding hydrogens is 397 g/mol. The molecule has 9 heteroatoms. The van der Waals surface area contributed by atoms with E-state index in [2.05, 4.69) is 4.98 Å². The van der Waals surface area contributed by atoms with Crippen LogP contribution in [0.4, 0.5) is 10.1 Å². The zero-order valence-corrected chi connectivity index (χ0v) is 16.5. The summed E-state index contributed by atoms with van der Waals surface area (Å²) < 4.78 is 40.1. The third-order valence-corrected chi connectivity index (χ3v) is 6.13. The van der Waals surface area contributed by atoms with Gasteiger partial charge in [-0.1, -0.05) is 12.1 Å². The monoisotopic (exact) mass is 415 g/mol. The summed E-state index contributed by atoms with van der Waals surface area (Å²) in [6.45, 7) is 0.148. The number of aromatic amines is 1. The van der Waals surface area contributed by atoms with Crippen LogP contribution in [-0.4, -0.2) is 36.4 Å². The van der Waals surface area contributed by atoms with E-state index in [-0.39, 0.29) is 34.6 Å². The highest BCUT2D eigenvalue weighted by Gasteiger charge is 2.25. The predicted octanol–water partition coefficient (Wildman–Crippen LogP) is 2.77. The molecular formula is C20H18FN3O4S. The lowest BCUT2D eigenvalue weighted by Crippen LogP contribution is -2.26. The van der Waals surface area contributed by atoms with Crippen LogP contribution in [0.1, 0.15) is 5.56 Å². The summed E-state index contributed by atoms with van der Waals surface area (Å²) in [5, 5.41) is 11.5. The van der Waals surface area contributed by atoms with E-state index >= 15 is 0 Å². The zero-order chi connectivity index (χ0) is 20.9. The van der Waals surface area contributed by atoms with E-state index in [9.17, 15) is 22.7 Å². The van der Waals surface area contributed by atoms with Crippen LogP contribution in [0.3, 0.4) is 0 Å². The van der Waals surface area contributed by atoms with Crippen molar-refractivity contribution < 1.29 is 17.9 Å². The predicted molar refractivity (Wildman–Crippen MR) is 110 cm³/mol. The third-order valence-electron chi connectivity index (χ3n) is 4.95. The van der Waals surface area contributed by atoms with Crippen molar-refractivity contribution in [2.24, 2.45) is 0 Å². The molecule has 4 rings (SSSR count). The lowest BCUT2D eigenvalue weighted by molar-refractivity contribution is 0.486. The number of aromatic nitrogens is 2. The molecule has 2 aromatic carbocycles. The fourth-order valence-electron chi connectivity index (χ4n) is 3.44. The van der Waals surface area contributed by atoms with Gasteiger partial charge >= 0.3 is 0 Å². The number of rotatable bonds is 4. The van der Waals surface area contributed by atoms with Gasteiger partial charge in [-0.3, -0.25) is 9.10 Å². The summed E-state index contributed by atoms with van der Waals surface area (Å²) in [7, 11) is -2.31. The van der Waals surface area contributed by atoms with Gasteiger partial charge in [-0.2, -0.15) is 0 Å². The van der Waals surface area contributed by atoms with Crippen LogP contribution in [0.2, 0.25) is 0 Å². The largest absolute Gasteiger partial charge is 0.505 e. The van der Waals surface area contributed by atoms with Crippen molar-refractivity contribution in [3.8, 4) is 5.75 Å². The normalized spacial score (nSPS) is 12.0. The van der Waals surface area contributed by atoms with E-state index in [1.165, 1.54) is 29.9 Å². The van der Waals surface area contributed by atoms with E-state index in [1.807, 2.05) is 0 Å². The first-order chi connectivity index (χ1) is 13.7. The fourth-order valence-corrected chi connectivity index (χ4v) is 3.96. The van der Waals surface area contributed by atoms with Crippen molar-refractivity contribution in [3.05, 3.63) is 70.5 Å². The number of H-pyrrole nitrogens is 1. The summed E-state index contributed by atoms with van der Waals surface area (Å²) in [5.74, 6) is -0.526. The SMILES string of the molecule is CN(c1c2ccc[nH]c2c(O)c2cn(Cc3ccc(F)cc3)c(=O)c12)S(C)(=O)=O. The van der Waals surface area contributed by atoms with Crippen molar-refractivity contribution in [3.63, 3.8) is 0 Å². The summed E-state index contributed by atoms with van der Waals surface area (Å²) in [6.07, 6.45) is 4.13. The zero-order valence-electron chi connectivity index (χ0n) is 15.7. The molecule has 2 heterocycles. The van der Waals surface area contributed by atoms with Gasteiger partial charge in [0.2, 0.25) is 10.0 Å². The van der Waals surface area contributed by atoms with Crippen LogP contribution in [-0.2, 0) is 16.6 Å². The van der Waals surface area contributed by atoms with Gasteiger partial charge in [-0.15, -0.1) is 0 Å².